The van der Waals surface area contributed by atoms with Crippen LogP contribution in [-0.2, 0) is 7.05 Å². The van der Waals surface area contributed by atoms with E-state index in [1.54, 1.807) is 16.9 Å². The van der Waals surface area contributed by atoms with Gasteiger partial charge in [-0.3, -0.25) is 9.48 Å². The Bertz CT molecular complexity index is 685. The maximum atomic E-state index is 13.4. The van der Waals surface area contributed by atoms with Gasteiger partial charge in [0.15, 0.2) is 0 Å². The summed E-state index contributed by atoms with van der Waals surface area (Å²) in [5.41, 5.74) is 1.47. The van der Waals surface area contributed by atoms with Crippen molar-refractivity contribution in [1.82, 2.24) is 14.7 Å². The van der Waals surface area contributed by atoms with E-state index in [0.717, 1.165) is 22.0 Å². The average Bonchev–Trinajstić information content (AvgIpc) is 3.09. The van der Waals surface area contributed by atoms with Crippen LogP contribution in [0.1, 0.15) is 34.8 Å². The van der Waals surface area contributed by atoms with Crippen molar-refractivity contribution in [3.8, 4) is 0 Å². The molecule has 110 valence electrons. The first-order chi connectivity index (χ1) is 10.1. The van der Waals surface area contributed by atoms with E-state index in [2.05, 4.69) is 27.7 Å². The molecule has 1 atom stereocenters. The summed E-state index contributed by atoms with van der Waals surface area (Å²) in [4.78, 5) is 14.6. The van der Waals surface area contributed by atoms with Gasteiger partial charge in [0.05, 0.1) is 17.8 Å². The number of aryl methyl sites for hydroxylation is 1. The minimum Gasteiger partial charge on any atom is -0.331 e. The van der Waals surface area contributed by atoms with Crippen molar-refractivity contribution >= 4 is 28.5 Å². The lowest BCUT2D eigenvalue weighted by molar-refractivity contribution is 0.0734. The van der Waals surface area contributed by atoms with Gasteiger partial charge < -0.3 is 4.90 Å². The predicted octanol–water partition coefficient (Wildman–Crippen LogP) is 3.14. The quantitative estimate of drug-likeness (QED) is 0.728. The largest absolute Gasteiger partial charge is 0.331 e. The van der Waals surface area contributed by atoms with E-state index < -0.39 is 0 Å². The molecule has 0 spiro atoms. The monoisotopic (exact) mass is 399 g/mol. The van der Waals surface area contributed by atoms with Crippen molar-refractivity contribution in [2.24, 2.45) is 7.05 Å². The van der Waals surface area contributed by atoms with Crippen LogP contribution >= 0.6 is 22.6 Å². The summed E-state index contributed by atoms with van der Waals surface area (Å²) in [5.74, 6) is -0.485. The zero-order valence-corrected chi connectivity index (χ0v) is 13.7. The van der Waals surface area contributed by atoms with Crippen LogP contribution in [0.25, 0.3) is 0 Å². The molecule has 0 bridgehead atoms. The molecule has 2 aromatic rings. The third-order valence-corrected chi connectivity index (χ3v) is 4.72. The fourth-order valence-corrected chi connectivity index (χ4v) is 3.35. The lowest BCUT2D eigenvalue weighted by atomic mass is 10.1. The van der Waals surface area contributed by atoms with Gasteiger partial charge in [0.2, 0.25) is 0 Å². The molecular formula is C15H15FIN3O. The SMILES string of the molecule is Cn1cc(C2CCCN2C(=O)c2cc(F)ccc2I)cn1. The van der Waals surface area contributed by atoms with Crippen LogP contribution in [0.5, 0.6) is 0 Å². The van der Waals surface area contributed by atoms with Gasteiger partial charge in [0, 0.05) is 28.9 Å². The number of likely N-dealkylation sites (tertiary alicyclic amines) is 1. The Labute approximate surface area is 136 Å². The maximum Gasteiger partial charge on any atom is 0.255 e. The molecule has 2 heterocycles. The number of amides is 1. The zero-order chi connectivity index (χ0) is 15.0. The van der Waals surface area contributed by atoms with Crippen LogP contribution in [0.2, 0.25) is 0 Å². The molecule has 1 unspecified atom stereocenters. The molecule has 1 aromatic heterocycles. The molecule has 21 heavy (non-hydrogen) atoms. The fraction of sp³-hybridized carbons (Fsp3) is 0.333. The minimum absolute atomic E-state index is 0.0327. The second-order valence-electron chi connectivity index (χ2n) is 5.23. The summed E-state index contributed by atoms with van der Waals surface area (Å²) in [5, 5.41) is 4.18. The van der Waals surface area contributed by atoms with Gasteiger partial charge in [0.25, 0.3) is 5.91 Å². The van der Waals surface area contributed by atoms with Crippen LogP contribution in [0.15, 0.2) is 30.6 Å². The van der Waals surface area contributed by atoms with Gasteiger partial charge in [-0.25, -0.2) is 4.39 Å². The van der Waals surface area contributed by atoms with Crippen molar-refractivity contribution < 1.29 is 9.18 Å². The third kappa shape index (κ3) is 2.81. The maximum absolute atomic E-state index is 13.4. The highest BCUT2D eigenvalue weighted by Gasteiger charge is 2.32. The first-order valence-corrected chi connectivity index (χ1v) is 7.88. The van der Waals surface area contributed by atoms with Gasteiger partial charge >= 0.3 is 0 Å². The first-order valence-electron chi connectivity index (χ1n) is 6.81. The fourth-order valence-electron chi connectivity index (χ4n) is 2.78. The summed E-state index contributed by atoms with van der Waals surface area (Å²) in [7, 11) is 1.86. The van der Waals surface area contributed by atoms with Gasteiger partial charge in [-0.1, -0.05) is 0 Å². The highest BCUT2D eigenvalue weighted by atomic mass is 127. The lowest BCUT2D eigenvalue weighted by Crippen LogP contribution is -2.31. The van der Waals surface area contributed by atoms with E-state index in [1.165, 1.54) is 12.1 Å². The van der Waals surface area contributed by atoms with Gasteiger partial charge in [-0.05, 0) is 53.6 Å². The summed E-state index contributed by atoms with van der Waals surface area (Å²) >= 11 is 2.07. The summed E-state index contributed by atoms with van der Waals surface area (Å²) in [6.07, 6.45) is 5.61. The Morgan fingerprint density at radius 3 is 3.00 bits per heavy atom. The normalized spacial score (nSPS) is 18.2. The van der Waals surface area contributed by atoms with Gasteiger partial charge in [-0.15, -0.1) is 0 Å². The van der Waals surface area contributed by atoms with E-state index in [9.17, 15) is 9.18 Å². The van der Waals surface area contributed by atoms with Crippen LogP contribution in [-0.4, -0.2) is 27.1 Å². The van der Waals surface area contributed by atoms with Crippen molar-refractivity contribution in [2.75, 3.05) is 6.54 Å². The summed E-state index contributed by atoms with van der Waals surface area (Å²) < 4.78 is 15.9. The molecule has 0 aliphatic carbocycles. The minimum atomic E-state index is -0.379. The Hall–Kier alpha value is -1.44. The van der Waals surface area contributed by atoms with Gasteiger partial charge in [-0.2, -0.15) is 5.10 Å². The predicted molar refractivity (Wildman–Crippen MR) is 85.3 cm³/mol. The Kier molecular flexibility index (Phi) is 3.97. The third-order valence-electron chi connectivity index (χ3n) is 3.78. The smallest absolute Gasteiger partial charge is 0.255 e. The Morgan fingerprint density at radius 1 is 1.48 bits per heavy atom. The molecule has 1 aliphatic rings. The van der Waals surface area contributed by atoms with E-state index >= 15 is 0 Å². The van der Waals surface area contributed by atoms with Crippen LogP contribution < -0.4 is 0 Å². The number of carbonyl (C=O) groups is 1. The van der Waals surface area contributed by atoms with Crippen LogP contribution in [0, 0.1) is 9.39 Å². The molecule has 0 N–H and O–H groups in total. The molecule has 0 saturated carbocycles. The number of rotatable bonds is 2. The molecule has 0 radical (unpaired) electrons. The molecule has 1 fully saturated rings. The molecule has 1 aliphatic heterocycles. The molecule has 1 amide bonds. The number of halogens is 2. The number of carbonyl (C=O) groups excluding carboxylic acids is 1. The number of aromatic nitrogens is 2. The molecular weight excluding hydrogens is 384 g/mol. The topological polar surface area (TPSA) is 38.1 Å². The van der Waals surface area contributed by atoms with Crippen molar-refractivity contribution in [1.29, 1.82) is 0 Å². The Balaban J connectivity index is 1.91. The number of benzene rings is 1. The first kappa shape index (κ1) is 14.5. The van der Waals surface area contributed by atoms with Gasteiger partial charge in [0.1, 0.15) is 5.82 Å². The number of nitrogens with zero attached hydrogens (tertiary/aromatic N) is 3. The molecule has 4 nitrogen and oxygen atoms in total. The summed E-state index contributed by atoms with van der Waals surface area (Å²) in [6, 6.07) is 4.37. The average molecular weight is 399 g/mol. The highest BCUT2D eigenvalue weighted by Crippen LogP contribution is 2.33. The Morgan fingerprint density at radius 2 is 2.29 bits per heavy atom. The second-order valence-corrected chi connectivity index (χ2v) is 6.39. The van der Waals surface area contributed by atoms with Crippen molar-refractivity contribution in [3.63, 3.8) is 0 Å². The number of hydrogen-bond acceptors (Lipinski definition) is 2. The second kappa shape index (κ2) is 5.75. The van der Waals surface area contributed by atoms with E-state index in [4.69, 9.17) is 0 Å². The molecule has 1 aromatic carbocycles. The van der Waals surface area contributed by atoms with E-state index in [1.807, 2.05) is 18.1 Å². The van der Waals surface area contributed by atoms with E-state index in [0.29, 0.717) is 12.1 Å². The lowest BCUT2D eigenvalue weighted by Gasteiger charge is -2.24. The van der Waals surface area contributed by atoms with Crippen molar-refractivity contribution in [3.05, 3.63) is 51.1 Å². The molecule has 6 heteroatoms. The molecule has 1 saturated heterocycles. The van der Waals surface area contributed by atoms with Crippen LogP contribution in [0.4, 0.5) is 4.39 Å². The highest BCUT2D eigenvalue weighted by molar-refractivity contribution is 14.1. The van der Waals surface area contributed by atoms with E-state index in [-0.39, 0.29) is 17.8 Å². The zero-order valence-electron chi connectivity index (χ0n) is 11.6. The molecule has 3 rings (SSSR count). The standard InChI is InChI=1S/C15H15FIN3O/c1-19-9-10(8-18-19)14-3-2-6-20(14)15(21)12-7-11(16)4-5-13(12)17/h4-5,7-9,14H,2-3,6H2,1H3. The van der Waals surface area contributed by atoms with Crippen LogP contribution in [0.3, 0.4) is 0 Å². The number of hydrogen-bond donors (Lipinski definition) is 0. The summed E-state index contributed by atoms with van der Waals surface area (Å²) in [6.45, 7) is 0.699. The van der Waals surface area contributed by atoms with Crippen molar-refractivity contribution in [2.45, 2.75) is 18.9 Å².